The van der Waals surface area contributed by atoms with Crippen LogP contribution in [0, 0.1) is 11.3 Å². The van der Waals surface area contributed by atoms with E-state index < -0.39 is 0 Å². The predicted molar refractivity (Wildman–Crippen MR) is 86.2 cm³/mol. The van der Waals surface area contributed by atoms with Crippen LogP contribution in [0.25, 0.3) is 11.5 Å². The Hall–Kier alpha value is -1.45. The van der Waals surface area contributed by atoms with E-state index in [0.717, 1.165) is 17.1 Å². The highest BCUT2D eigenvalue weighted by atomic mass is 32.2. The molecule has 0 amide bonds. The van der Waals surface area contributed by atoms with Crippen molar-refractivity contribution < 1.29 is 4.52 Å². The normalized spacial score (nSPS) is 25.5. The summed E-state index contributed by atoms with van der Waals surface area (Å²) in [5.41, 5.74) is 1.48. The van der Waals surface area contributed by atoms with Crippen LogP contribution < -0.4 is 0 Å². The highest BCUT2D eigenvalue weighted by molar-refractivity contribution is 8.07. The molecular formula is C15H15N3OS2. The number of aromatic nitrogens is 2. The molecule has 6 heteroatoms. The molecule has 3 atom stereocenters. The minimum absolute atomic E-state index is 0.289. The van der Waals surface area contributed by atoms with Crippen LogP contribution >= 0.6 is 23.5 Å². The molecule has 1 saturated heterocycles. The van der Waals surface area contributed by atoms with Gasteiger partial charge in [0.25, 0.3) is 5.89 Å². The molecule has 3 unspecified atom stereocenters. The molecule has 0 radical (unpaired) electrons. The second kappa shape index (κ2) is 6.12. The van der Waals surface area contributed by atoms with Gasteiger partial charge in [-0.05, 0) is 24.3 Å². The van der Waals surface area contributed by atoms with Crippen LogP contribution in [-0.4, -0.2) is 26.4 Å². The van der Waals surface area contributed by atoms with Crippen molar-refractivity contribution in [3.8, 4) is 17.5 Å². The summed E-state index contributed by atoms with van der Waals surface area (Å²) in [5, 5.41) is 14.5. The molecule has 0 N–H and O–H groups in total. The van der Waals surface area contributed by atoms with E-state index >= 15 is 0 Å². The summed E-state index contributed by atoms with van der Waals surface area (Å²) >= 11 is 3.87. The SMILES string of the molecule is CC1SCC(c2noc(-c3ccc(C#N)cc3)n2)SC1C. The lowest BCUT2D eigenvalue weighted by Gasteiger charge is -2.29. The zero-order valence-corrected chi connectivity index (χ0v) is 13.4. The number of nitrogens with zero attached hydrogens (tertiary/aromatic N) is 3. The van der Waals surface area contributed by atoms with Gasteiger partial charge in [0.15, 0.2) is 5.82 Å². The van der Waals surface area contributed by atoms with Crippen LogP contribution in [0.3, 0.4) is 0 Å². The Morgan fingerprint density at radius 1 is 1.24 bits per heavy atom. The average molecular weight is 317 g/mol. The molecule has 21 heavy (non-hydrogen) atoms. The summed E-state index contributed by atoms with van der Waals surface area (Å²) in [6.45, 7) is 4.51. The summed E-state index contributed by atoms with van der Waals surface area (Å²) in [4.78, 5) is 4.52. The van der Waals surface area contributed by atoms with Crippen LogP contribution in [-0.2, 0) is 0 Å². The molecule has 108 valence electrons. The first-order valence-corrected chi connectivity index (χ1v) is 8.77. The maximum Gasteiger partial charge on any atom is 0.257 e. The van der Waals surface area contributed by atoms with E-state index in [1.54, 1.807) is 12.1 Å². The van der Waals surface area contributed by atoms with Crippen molar-refractivity contribution >= 4 is 23.5 Å². The highest BCUT2D eigenvalue weighted by Gasteiger charge is 2.29. The molecule has 2 heterocycles. The Kier molecular flexibility index (Phi) is 4.22. The van der Waals surface area contributed by atoms with E-state index in [-0.39, 0.29) is 5.25 Å². The molecule has 2 aromatic rings. The van der Waals surface area contributed by atoms with Crippen LogP contribution in [0.5, 0.6) is 0 Å². The van der Waals surface area contributed by atoms with E-state index in [1.807, 2.05) is 35.7 Å². The minimum atomic E-state index is 0.289. The summed E-state index contributed by atoms with van der Waals surface area (Å²) in [7, 11) is 0. The predicted octanol–water partition coefficient (Wildman–Crippen LogP) is 3.91. The number of nitriles is 1. The Bertz CT molecular complexity index is 662. The molecule has 0 bridgehead atoms. The van der Waals surface area contributed by atoms with Crippen molar-refractivity contribution in [2.45, 2.75) is 29.6 Å². The number of rotatable bonds is 2. The first-order valence-electron chi connectivity index (χ1n) is 6.78. The van der Waals surface area contributed by atoms with Gasteiger partial charge in [-0.2, -0.15) is 22.0 Å². The van der Waals surface area contributed by atoms with Gasteiger partial charge < -0.3 is 4.52 Å². The third-order valence-corrected chi connectivity index (χ3v) is 6.93. The molecule has 1 aliphatic heterocycles. The zero-order chi connectivity index (χ0) is 14.8. The fourth-order valence-electron chi connectivity index (χ4n) is 2.09. The van der Waals surface area contributed by atoms with E-state index in [9.17, 15) is 0 Å². The lowest BCUT2D eigenvalue weighted by atomic mass is 10.1. The van der Waals surface area contributed by atoms with Gasteiger partial charge in [0.2, 0.25) is 0 Å². The number of thioether (sulfide) groups is 2. The third kappa shape index (κ3) is 3.09. The molecule has 0 spiro atoms. The number of benzene rings is 1. The molecular weight excluding hydrogens is 302 g/mol. The van der Waals surface area contributed by atoms with Crippen molar-refractivity contribution in [1.82, 2.24) is 10.1 Å². The molecule has 4 nitrogen and oxygen atoms in total. The third-order valence-electron chi connectivity index (χ3n) is 3.54. The van der Waals surface area contributed by atoms with Gasteiger partial charge in [-0.25, -0.2) is 0 Å². The molecule has 0 aliphatic carbocycles. The second-order valence-corrected chi connectivity index (χ2v) is 8.01. The van der Waals surface area contributed by atoms with E-state index in [4.69, 9.17) is 9.78 Å². The van der Waals surface area contributed by atoms with Crippen molar-refractivity contribution in [2.75, 3.05) is 5.75 Å². The van der Waals surface area contributed by atoms with Crippen molar-refractivity contribution in [3.05, 3.63) is 35.7 Å². The van der Waals surface area contributed by atoms with Gasteiger partial charge in [-0.3, -0.25) is 0 Å². The van der Waals surface area contributed by atoms with Crippen LogP contribution in [0.4, 0.5) is 0 Å². The topological polar surface area (TPSA) is 62.7 Å². The largest absolute Gasteiger partial charge is 0.334 e. The van der Waals surface area contributed by atoms with Gasteiger partial charge in [0.05, 0.1) is 16.9 Å². The first-order chi connectivity index (χ1) is 10.2. The van der Waals surface area contributed by atoms with Crippen LogP contribution in [0.1, 0.15) is 30.5 Å². The molecule has 1 aromatic carbocycles. The van der Waals surface area contributed by atoms with E-state index in [0.29, 0.717) is 22.0 Å². The standard InChI is InChI=1S/C15H15N3OS2/c1-9-10(2)21-13(8-20-9)14-17-15(19-18-14)12-5-3-11(7-16)4-6-12/h3-6,9-10,13H,8H2,1-2H3. The van der Waals surface area contributed by atoms with Gasteiger partial charge in [0.1, 0.15) is 0 Å². The van der Waals surface area contributed by atoms with Gasteiger partial charge in [-0.1, -0.05) is 19.0 Å². The number of hydrogen-bond acceptors (Lipinski definition) is 6. The van der Waals surface area contributed by atoms with Crippen molar-refractivity contribution in [1.29, 1.82) is 5.26 Å². The summed E-state index contributed by atoms with van der Waals surface area (Å²) < 4.78 is 5.37. The fourth-order valence-corrected chi connectivity index (χ4v) is 4.92. The number of hydrogen-bond donors (Lipinski definition) is 0. The Balaban J connectivity index is 1.78. The average Bonchev–Trinajstić information content (AvgIpc) is 3.00. The minimum Gasteiger partial charge on any atom is -0.334 e. The molecule has 3 rings (SSSR count). The van der Waals surface area contributed by atoms with E-state index in [1.165, 1.54) is 0 Å². The Morgan fingerprint density at radius 3 is 2.67 bits per heavy atom. The Labute approximate surface area is 132 Å². The monoisotopic (exact) mass is 317 g/mol. The smallest absolute Gasteiger partial charge is 0.257 e. The zero-order valence-electron chi connectivity index (χ0n) is 11.8. The first kappa shape index (κ1) is 14.5. The molecule has 1 aromatic heterocycles. The van der Waals surface area contributed by atoms with E-state index in [2.05, 4.69) is 30.1 Å². The summed E-state index contributed by atoms with van der Waals surface area (Å²) in [6, 6.07) is 9.29. The van der Waals surface area contributed by atoms with Gasteiger partial charge >= 0.3 is 0 Å². The quantitative estimate of drug-likeness (QED) is 0.837. The van der Waals surface area contributed by atoms with Gasteiger partial charge in [-0.15, -0.1) is 11.8 Å². The highest BCUT2D eigenvalue weighted by Crippen LogP contribution is 2.43. The summed E-state index contributed by atoms with van der Waals surface area (Å²) in [6.07, 6.45) is 0. The van der Waals surface area contributed by atoms with Crippen molar-refractivity contribution in [2.24, 2.45) is 0 Å². The van der Waals surface area contributed by atoms with Crippen LogP contribution in [0.2, 0.25) is 0 Å². The maximum atomic E-state index is 8.81. The maximum absolute atomic E-state index is 8.81. The second-order valence-electron chi connectivity index (χ2n) is 5.02. The lowest BCUT2D eigenvalue weighted by molar-refractivity contribution is 0.423. The molecule has 0 saturated carbocycles. The Morgan fingerprint density at radius 2 is 2.00 bits per heavy atom. The summed E-state index contributed by atoms with van der Waals surface area (Å²) in [5.74, 6) is 2.31. The van der Waals surface area contributed by atoms with Crippen molar-refractivity contribution in [3.63, 3.8) is 0 Å². The lowest BCUT2D eigenvalue weighted by Crippen LogP contribution is -2.22. The van der Waals surface area contributed by atoms with Gasteiger partial charge in [0, 0.05) is 21.8 Å². The molecule has 1 aliphatic rings. The van der Waals surface area contributed by atoms with Crippen LogP contribution in [0.15, 0.2) is 28.8 Å². The molecule has 1 fully saturated rings. The fraction of sp³-hybridized carbons (Fsp3) is 0.400.